The Bertz CT molecular complexity index is 748. The van der Waals surface area contributed by atoms with Gasteiger partial charge in [0, 0.05) is 6.54 Å². The first-order valence-electron chi connectivity index (χ1n) is 12.3. The van der Waals surface area contributed by atoms with E-state index < -0.39 is 47.9 Å². The highest BCUT2D eigenvalue weighted by Gasteiger charge is 2.34. The minimum absolute atomic E-state index is 0.0413. The highest BCUT2D eigenvalue weighted by atomic mass is 32.2. The molecule has 0 bridgehead atoms. The van der Waals surface area contributed by atoms with Crippen molar-refractivity contribution in [3.05, 3.63) is 0 Å². The molecule has 13 heteroatoms. The second-order valence-corrected chi connectivity index (χ2v) is 9.97. The van der Waals surface area contributed by atoms with Gasteiger partial charge in [-0.25, -0.2) is 4.79 Å². The molecule has 6 atom stereocenters. The fraction of sp³-hybridized carbons (Fsp3) is 0.783. The standard InChI is InChI=1S/C23H45N7O5S/c1-6-13(3)17(20(32)28-16(22(34)35)10-12-36-5)30-21(33)18(14(4)7-2)29-19(31)15(24)9-8-11-27-23(25)26/h13-18H,6-12,24H2,1-5H3,(H,28,32)(H,29,31)(H,30,33)(H,34,35)(H4,25,26,27). The van der Waals surface area contributed by atoms with Crippen molar-refractivity contribution in [3.63, 3.8) is 0 Å². The zero-order valence-corrected chi connectivity index (χ0v) is 22.9. The summed E-state index contributed by atoms with van der Waals surface area (Å²) in [6.45, 7) is 7.70. The van der Waals surface area contributed by atoms with Crippen LogP contribution in [0.5, 0.6) is 0 Å². The fourth-order valence-corrected chi connectivity index (χ4v) is 3.78. The predicted octanol–water partition coefficient (Wildman–Crippen LogP) is -0.248. The number of guanidine groups is 1. The number of carboxylic acid groups (broad SMARTS) is 1. The third kappa shape index (κ3) is 12.4. The molecule has 0 spiro atoms. The lowest BCUT2D eigenvalue weighted by atomic mass is 9.94. The number of aliphatic imine (C=N–C) groups is 1. The molecule has 0 aliphatic carbocycles. The number of rotatable bonds is 18. The first-order valence-corrected chi connectivity index (χ1v) is 13.7. The highest BCUT2D eigenvalue weighted by molar-refractivity contribution is 7.98. The van der Waals surface area contributed by atoms with E-state index in [1.54, 1.807) is 6.92 Å². The quantitative estimate of drug-likeness (QED) is 0.0704. The number of thioether (sulfide) groups is 1. The van der Waals surface area contributed by atoms with Crippen LogP contribution in [0, 0.1) is 11.8 Å². The fourth-order valence-electron chi connectivity index (χ4n) is 3.31. The maximum absolute atomic E-state index is 13.3. The number of aliphatic carboxylic acids is 1. The number of carbonyl (C=O) groups is 4. The average molecular weight is 532 g/mol. The smallest absolute Gasteiger partial charge is 0.326 e. The number of nitrogens with two attached hydrogens (primary N) is 3. The Labute approximate surface area is 218 Å². The zero-order valence-electron chi connectivity index (χ0n) is 22.1. The normalized spacial score (nSPS) is 15.9. The monoisotopic (exact) mass is 531 g/mol. The second kappa shape index (κ2) is 17.8. The van der Waals surface area contributed by atoms with E-state index in [9.17, 15) is 24.3 Å². The molecule has 0 aliphatic rings. The lowest BCUT2D eigenvalue weighted by molar-refractivity contribution is -0.142. The predicted molar refractivity (Wildman–Crippen MR) is 143 cm³/mol. The molecule has 12 nitrogen and oxygen atoms in total. The number of nitrogens with one attached hydrogen (secondary N) is 3. The van der Waals surface area contributed by atoms with Crippen molar-refractivity contribution in [2.75, 3.05) is 18.6 Å². The number of hydrogen-bond acceptors (Lipinski definition) is 7. The summed E-state index contributed by atoms with van der Waals surface area (Å²) < 4.78 is 0. The number of hydrogen-bond donors (Lipinski definition) is 7. The van der Waals surface area contributed by atoms with Crippen molar-refractivity contribution in [2.24, 2.45) is 34.0 Å². The van der Waals surface area contributed by atoms with Crippen LogP contribution in [0.2, 0.25) is 0 Å². The van der Waals surface area contributed by atoms with Gasteiger partial charge < -0.3 is 38.3 Å². The summed E-state index contributed by atoms with van der Waals surface area (Å²) in [5, 5.41) is 17.5. The summed E-state index contributed by atoms with van der Waals surface area (Å²) in [4.78, 5) is 54.4. The molecule has 6 unspecified atom stereocenters. The van der Waals surface area contributed by atoms with Crippen molar-refractivity contribution in [1.29, 1.82) is 0 Å². The third-order valence-electron chi connectivity index (χ3n) is 6.12. The number of amides is 3. The van der Waals surface area contributed by atoms with Crippen molar-refractivity contribution in [2.45, 2.75) is 84.0 Å². The molecule has 3 amide bonds. The van der Waals surface area contributed by atoms with Gasteiger partial charge >= 0.3 is 5.97 Å². The molecule has 0 saturated carbocycles. The van der Waals surface area contributed by atoms with Gasteiger partial charge in [-0.1, -0.05) is 40.5 Å². The van der Waals surface area contributed by atoms with Crippen molar-refractivity contribution in [3.8, 4) is 0 Å². The van der Waals surface area contributed by atoms with E-state index in [0.717, 1.165) is 0 Å². The molecule has 0 aromatic heterocycles. The van der Waals surface area contributed by atoms with E-state index >= 15 is 0 Å². The van der Waals surface area contributed by atoms with Gasteiger partial charge in [0.1, 0.15) is 18.1 Å². The summed E-state index contributed by atoms with van der Waals surface area (Å²) in [5.41, 5.74) is 16.6. The first kappa shape index (κ1) is 33.5. The van der Waals surface area contributed by atoms with Crippen LogP contribution in [0.15, 0.2) is 4.99 Å². The Hall–Kier alpha value is -2.54. The van der Waals surface area contributed by atoms with E-state index in [4.69, 9.17) is 17.2 Å². The SMILES string of the molecule is CCC(C)C(NC(=O)C(N)CCCN=C(N)N)C(=O)NC(C(=O)NC(CCSC)C(=O)O)C(C)CC. The van der Waals surface area contributed by atoms with Crippen molar-refractivity contribution < 1.29 is 24.3 Å². The van der Waals surface area contributed by atoms with Gasteiger partial charge in [0.15, 0.2) is 5.96 Å². The number of carboxylic acids is 1. The molecule has 36 heavy (non-hydrogen) atoms. The molecule has 0 heterocycles. The summed E-state index contributed by atoms with van der Waals surface area (Å²) in [6, 6.07) is -3.80. The van der Waals surface area contributed by atoms with E-state index in [-0.39, 0.29) is 24.2 Å². The molecule has 208 valence electrons. The van der Waals surface area contributed by atoms with Crippen LogP contribution in [0.1, 0.15) is 59.8 Å². The minimum Gasteiger partial charge on any atom is -0.480 e. The summed E-state index contributed by atoms with van der Waals surface area (Å²) >= 11 is 1.48. The Morgan fingerprint density at radius 1 is 0.889 bits per heavy atom. The van der Waals surface area contributed by atoms with Gasteiger partial charge in [-0.2, -0.15) is 11.8 Å². The van der Waals surface area contributed by atoms with Gasteiger partial charge in [-0.15, -0.1) is 0 Å². The van der Waals surface area contributed by atoms with Crippen LogP contribution in [-0.2, 0) is 19.2 Å². The Morgan fingerprint density at radius 3 is 1.83 bits per heavy atom. The number of carbonyl (C=O) groups excluding carboxylic acids is 3. The Morgan fingerprint density at radius 2 is 1.39 bits per heavy atom. The van der Waals surface area contributed by atoms with Gasteiger partial charge in [-0.3, -0.25) is 19.4 Å². The summed E-state index contributed by atoms with van der Waals surface area (Å²) in [5.74, 6) is -2.71. The maximum atomic E-state index is 13.3. The number of nitrogens with zero attached hydrogens (tertiary/aromatic N) is 1. The molecule has 0 radical (unpaired) electrons. The molecule has 0 fully saturated rings. The topological polar surface area (TPSA) is 215 Å². The molecule has 0 aliphatic heterocycles. The Kier molecular flexibility index (Phi) is 16.6. The lowest BCUT2D eigenvalue weighted by Crippen LogP contribution is -2.60. The average Bonchev–Trinajstić information content (AvgIpc) is 2.84. The molecular formula is C23H45N7O5S. The summed E-state index contributed by atoms with van der Waals surface area (Å²) in [7, 11) is 0. The van der Waals surface area contributed by atoms with Crippen LogP contribution in [-0.4, -0.2) is 77.5 Å². The molecular weight excluding hydrogens is 486 g/mol. The Balaban J connectivity index is 5.46. The molecule has 0 aromatic carbocycles. The van der Waals surface area contributed by atoms with Crippen LogP contribution in [0.25, 0.3) is 0 Å². The van der Waals surface area contributed by atoms with Gasteiger partial charge in [0.05, 0.1) is 6.04 Å². The van der Waals surface area contributed by atoms with Crippen molar-refractivity contribution >= 4 is 41.4 Å². The zero-order chi connectivity index (χ0) is 27.8. The van der Waals surface area contributed by atoms with Crippen molar-refractivity contribution in [1.82, 2.24) is 16.0 Å². The van der Waals surface area contributed by atoms with E-state index in [1.165, 1.54) is 11.8 Å². The van der Waals surface area contributed by atoms with E-state index in [2.05, 4.69) is 20.9 Å². The molecule has 10 N–H and O–H groups in total. The van der Waals surface area contributed by atoms with Gasteiger partial charge in [0.2, 0.25) is 17.7 Å². The van der Waals surface area contributed by atoms with Gasteiger partial charge in [0.25, 0.3) is 0 Å². The van der Waals surface area contributed by atoms with Gasteiger partial charge in [-0.05, 0) is 43.1 Å². The van der Waals surface area contributed by atoms with Crippen LogP contribution >= 0.6 is 11.8 Å². The summed E-state index contributed by atoms with van der Waals surface area (Å²) in [6.07, 6.45) is 4.08. The molecule has 0 aromatic rings. The molecule has 0 saturated heterocycles. The third-order valence-corrected chi connectivity index (χ3v) is 6.76. The van der Waals surface area contributed by atoms with Crippen LogP contribution in [0.4, 0.5) is 0 Å². The minimum atomic E-state index is -1.13. The van der Waals surface area contributed by atoms with Crippen LogP contribution < -0.4 is 33.2 Å². The van der Waals surface area contributed by atoms with E-state index in [1.807, 2.05) is 27.0 Å². The van der Waals surface area contributed by atoms with E-state index in [0.29, 0.717) is 38.0 Å². The lowest BCUT2D eigenvalue weighted by Gasteiger charge is -2.30. The highest BCUT2D eigenvalue weighted by Crippen LogP contribution is 2.13. The first-order chi connectivity index (χ1) is 16.9. The second-order valence-electron chi connectivity index (χ2n) is 8.98. The maximum Gasteiger partial charge on any atom is 0.326 e. The van der Waals surface area contributed by atoms with Crippen LogP contribution in [0.3, 0.4) is 0 Å². The molecule has 0 rings (SSSR count). The largest absolute Gasteiger partial charge is 0.480 e.